The number of amides is 1. The zero-order chi connectivity index (χ0) is 43.1. The molecule has 3 unspecified atom stereocenters. The van der Waals surface area contributed by atoms with Gasteiger partial charge in [0.1, 0.15) is 6.10 Å². The van der Waals surface area contributed by atoms with Crippen molar-refractivity contribution in [2.24, 2.45) is 0 Å². The molecule has 59 heavy (non-hydrogen) atoms. The summed E-state index contributed by atoms with van der Waals surface area (Å²) in [4.78, 5) is 26.1. The van der Waals surface area contributed by atoms with Crippen LogP contribution < -0.4 is 5.32 Å². The average Bonchev–Trinajstić information content (AvgIpc) is 3.23. The van der Waals surface area contributed by atoms with Gasteiger partial charge in [0, 0.05) is 6.42 Å². The number of nitrogens with one attached hydrogen (secondary N) is 1. The highest BCUT2D eigenvalue weighted by Crippen LogP contribution is 2.17. The first-order chi connectivity index (χ1) is 29.0. The summed E-state index contributed by atoms with van der Waals surface area (Å²) in [7, 11) is 0. The Balaban J connectivity index is 4.53. The molecule has 3 atom stereocenters. The smallest absolute Gasteiger partial charge is 0.306 e. The van der Waals surface area contributed by atoms with E-state index in [0.29, 0.717) is 19.3 Å². The van der Waals surface area contributed by atoms with E-state index in [4.69, 9.17) is 4.74 Å². The lowest BCUT2D eigenvalue weighted by molar-refractivity contribution is -0.151. The van der Waals surface area contributed by atoms with Crippen LogP contribution in [-0.4, -0.2) is 46.9 Å². The largest absolute Gasteiger partial charge is 0.462 e. The third-order valence-electron chi connectivity index (χ3n) is 12.0. The van der Waals surface area contributed by atoms with Crippen LogP contribution >= 0.6 is 0 Å². The summed E-state index contributed by atoms with van der Waals surface area (Å²) < 4.78 is 5.91. The first-order valence-electron chi connectivity index (χ1n) is 26.1. The van der Waals surface area contributed by atoms with Crippen molar-refractivity contribution in [1.82, 2.24) is 5.32 Å². The molecule has 1 amide bonds. The number of esters is 1. The number of unbranched alkanes of at least 4 members (excludes halogenated alkanes) is 31. The monoisotopic (exact) mass is 832 g/mol. The maximum absolute atomic E-state index is 13.2. The van der Waals surface area contributed by atoms with Gasteiger partial charge in [-0.2, -0.15) is 0 Å². The number of aliphatic hydroxyl groups excluding tert-OH is 2. The van der Waals surface area contributed by atoms with Crippen LogP contribution in [0.2, 0.25) is 0 Å². The molecule has 0 aliphatic carbocycles. The van der Waals surface area contributed by atoms with Crippen LogP contribution in [0.4, 0.5) is 0 Å². The number of carbonyl (C=O) groups is 2. The molecule has 0 aliphatic heterocycles. The van der Waals surface area contributed by atoms with Crippen LogP contribution in [0.3, 0.4) is 0 Å². The van der Waals surface area contributed by atoms with E-state index in [-0.39, 0.29) is 24.9 Å². The molecule has 0 aromatic heterocycles. The molecule has 0 fully saturated rings. The van der Waals surface area contributed by atoms with Gasteiger partial charge in [-0.3, -0.25) is 9.59 Å². The second kappa shape index (κ2) is 47.4. The summed E-state index contributed by atoms with van der Waals surface area (Å²) in [6, 6.07) is -0.706. The molecule has 0 aliphatic rings. The molecule has 0 saturated heterocycles. The number of carbonyl (C=O) groups excluding carboxylic acids is 2. The van der Waals surface area contributed by atoms with Crippen molar-refractivity contribution >= 4 is 11.9 Å². The molecule has 0 bridgehead atoms. The van der Waals surface area contributed by atoms with Crippen molar-refractivity contribution in [2.75, 3.05) is 6.61 Å². The van der Waals surface area contributed by atoms with Crippen LogP contribution in [0.15, 0.2) is 24.3 Å². The lowest BCUT2D eigenvalue weighted by Crippen LogP contribution is -2.46. The molecule has 0 rings (SSSR count). The number of aliphatic hydroxyl groups is 2. The predicted octanol–water partition coefficient (Wildman–Crippen LogP) is 15.5. The summed E-state index contributed by atoms with van der Waals surface area (Å²) in [5.41, 5.74) is 0. The summed E-state index contributed by atoms with van der Waals surface area (Å²) in [6.45, 7) is 6.47. The van der Waals surface area contributed by atoms with Gasteiger partial charge in [0.05, 0.1) is 25.2 Å². The van der Waals surface area contributed by atoms with Crippen LogP contribution in [0.25, 0.3) is 0 Å². The molecule has 3 N–H and O–H groups in total. The fraction of sp³-hybridized carbons (Fsp3) is 0.887. The van der Waals surface area contributed by atoms with Crippen molar-refractivity contribution in [3.63, 3.8) is 0 Å². The third kappa shape index (κ3) is 42.8. The molecular formula is C53H101NO5. The Bertz CT molecular complexity index is 935. The fourth-order valence-electron chi connectivity index (χ4n) is 8.01. The normalized spacial score (nSPS) is 13.4. The highest BCUT2D eigenvalue weighted by Gasteiger charge is 2.24. The number of hydrogen-bond donors (Lipinski definition) is 3. The van der Waals surface area contributed by atoms with E-state index >= 15 is 0 Å². The quantitative estimate of drug-likeness (QED) is 0.0322. The number of rotatable bonds is 47. The maximum atomic E-state index is 13.2. The molecular weight excluding hydrogens is 731 g/mol. The van der Waals surface area contributed by atoms with E-state index in [1.807, 2.05) is 0 Å². The average molecular weight is 832 g/mol. The number of hydrogen-bond acceptors (Lipinski definition) is 5. The SMILES string of the molecule is CCCCCC/C=C\CCCCCCCCCC(=O)OC(CCC/C=C\CCCCCCCC)CC(=O)NC(CO)C(O)CCCCCCCCCCCCCCCC. The first-order valence-corrected chi connectivity index (χ1v) is 26.1. The van der Waals surface area contributed by atoms with Gasteiger partial charge in [-0.05, 0) is 70.6 Å². The van der Waals surface area contributed by atoms with Crippen molar-refractivity contribution in [2.45, 2.75) is 296 Å². The first kappa shape index (κ1) is 57.3. The highest BCUT2D eigenvalue weighted by atomic mass is 16.5. The van der Waals surface area contributed by atoms with Gasteiger partial charge in [-0.1, -0.05) is 218 Å². The number of allylic oxidation sites excluding steroid dienone is 4. The lowest BCUT2D eigenvalue weighted by atomic mass is 10.0. The second-order valence-corrected chi connectivity index (χ2v) is 17.9. The predicted molar refractivity (Wildman–Crippen MR) is 255 cm³/mol. The van der Waals surface area contributed by atoms with Gasteiger partial charge in [-0.25, -0.2) is 0 Å². The topological polar surface area (TPSA) is 95.9 Å². The van der Waals surface area contributed by atoms with Gasteiger partial charge in [0.25, 0.3) is 0 Å². The van der Waals surface area contributed by atoms with Crippen molar-refractivity contribution in [3.8, 4) is 0 Å². The van der Waals surface area contributed by atoms with Crippen LogP contribution in [-0.2, 0) is 14.3 Å². The minimum atomic E-state index is -0.791. The Morgan fingerprint density at radius 3 is 1.25 bits per heavy atom. The van der Waals surface area contributed by atoms with Crippen LogP contribution in [0.5, 0.6) is 0 Å². The Morgan fingerprint density at radius 2 is 0.831 bits per heavy atom. The molecule has 0 heterocycles. The van der Waals surface area contributed by atoms with E-state index in [9.17, 15) is 19.8 Å². The van der Waals surface area contributed by atoms with Crippen LogP contribution in [0.1, 0.15) is 278 Å². The zero-order valence-corrected chi connectivity index (χ0v) is 39.7. The fourth-order valence-corrected chi connectivity index (χ4v) is 8.01. The second-order valence-electron chi connectivity index (χ2n) is 17.9. The number of ether oxygens (including phenoxy) is 1. The molecule has 0 spiro atoms. The summed E-state index contributed by atoms with van der Waals surface area (Å²) >= 11 is 0. The summed E-state index contributed by atoms with van der Waals surface area (Å²) in [5.74, 6) is -0.498. The van der Waals surface area contributed by atoms with Gasteiger partial charge >= 0.3 is 5.97 Å². The minimum Gasteiger partial charge on any atom is -0.462 e. The third-order valence-corrected chi connectivity index (χ3v) is 12.0. The summed E-state index contributed by atoms with van der Waals surface area (Å²) in [6.07, 6.45) is 53.8. The van der Waals surface area contributed by atoms with E-state index in [1.54, 1.807) is 0 Å². The van der Waals surface area contributed by atoms with Crippen molar-refractivity contribution < 1.29 is 24.5 Å². The van der Waals surface area contributed by atoms with Crippen LogP contribution in [0, 0.1) is 0 Å². The minimum absolute atomic E-state index is 0.0589. The lowest BCUT2D eigenvalue weighted by Gasteiger charge is -2.24. The van der Waals surface area contributed by atoms with E-state index < -0.39 is 18.2 Å². The Hall–Kier alpha value is -1.66. The molecule has 0 saturated carbocycles. The molecule has 0 aromatic rings. The molecule has 348 valence electrons. The molecule has 6 heteroatoms. The van der Waals surface area contributed by atoms with Gasteiger partial charge < -0.3 is 20.3 Å². The van der Waals surface area contributed by atoms with Crippen molar-refractivity contribution in [3.05, 3.63) is 24.3 Å². The Labute approximate surface area is 367 Å². The van der Waals surface area contributed by atoms with Gasteiger partial charge in [0.15, 0.2) is 0 Å². The highest BCUT2D eigenvalue weighted by molar-refractivity contribution is 5.77. The molecule has 0 aromatic carbocycles. The Morgan fingerprint density at radius 1 is 0.475 bits per heavy atom. The zero-order valence-electron chi connectivity index (χ0n) is 39.7. The maximum Gasteiger partial charge on any atom is 0.306 e. The van der Waals surface area contributed by atoms with Gasteiger partial charge in [0.2, 0.25) is 5.91 Å². The van der Waals surface area contributed by atoms with Gasteiger partial charge in [-0.15, -0.1) is 0 Å². The molecule has 0 radical (unpaired) electrons. The Kier molecular flexibility index (Phi) is 46.1. The van der Waals surface area contributed by atoms with Crippen molar-refractivity contribution in [1.29, 1.82) is 0 Å². The van der Waals surface area contributed by atoms with E-state index in [1.165, 1.54) is 180 Å². The van der Waals surface area contributed by atoms with E-state index in [2.05, 4.69) is 50.4 Å². The standard InChI is InChI=1S/C53H101NO5/c1-4-7-10-13-16-19-22-24-26-28-31-34-37-40-43-46-53(58)59-49(44-41-38-35-32-29-21-18-15-12-9-6-3)47-52(57)54-50(48-55)51(56)45-42-39-36-33-30-27-25-23-20-17-14-11-8-5-2/h19,22,32,35,49-51,55-56H,4-18,20-21,23-31,33-34,36-48H2,1-3H3,(H,54,57)/b22-19-,35-32-. The molecule has 6 nitrogen and oxygen atoms in total. The summed E-state index contributed by atoms with van der Waals surface area (Å²) in [5, 5.41) is 23.7. The van der Waals surface area contributed by atoms with E-state index in [0.717, 1.165) is 51.4 Å².